The summed E-state index contributed by atoms with van der Waals surface area (Å²) in [5.74, 6) is 1.33. The second-order valence-corrected chi connectivity index (χ2v) is 5.15. The summed E-state index contributed by atoms with van der Waals surface area (Å²) < 4.78 is 11.0. The molecule has 1 aliphatic heterocycles. The minimum atomic E-state index is -0.0889. The number of nitrogens with one attached hydrogen (secondary N) is 1. The van der Waals surface area contributed by atoms with Crippen LogP contribution in [0.25, 0.3) is 0 Å². The zero-order valence-corrected chi connectivity index (χ0v) is 12.0. The lowest BCUT2D eigenvalue weighted by atomic mass is 10.1. The Kier molecular flexibility index (Phi) is 3.97. The third-order valence-electron chi connectivity index (χ3n) is 3.10. The predicted octanol–water partition coefficient (Wildman–Crippen LogP) is 3.29. The number of ether oxygens (including phenoxy) is 2. The van der Waals surface area contributed by atoms with Gasteiger partial charge in [-0.25, -0.2) is 0 Å². The number of hydrogen-bond acceptors (Lipinski definition) is 3. The molecule has 0 bridgehead atoms. The average Bonchev–Trinajstić information content (AvgIpc) is 2.49. The molecule has 0 atom stereocenters. The molecule has 3 rings (SSSR count). The summed E-state index contributed by atoms with van der Waals surface area (Å²) in [5, 5.41) is 3.47. The molecule has 0 spiro atoms. The van der Waals surface area contributed by atoms with Crippen LogP contribution in [0.3, 0.4) is 0 Å². The lowest BCUT2D eigenvalue weighted by Gasteiger charge is -2.18. The highest BCUT2D eigenvalue weighted by Gasteiger charge is 2.13. The van der Waals surface area contributed by atoms with E-state index in [1.54, 1.807) is 24.3 Å². The molecule has 1 heterocycles. The van der Waals surface area contributed by atoms with E-state index in [0.717, 1.165) is 17.0 Å². The molecule has 108 valence electrons. The zero-order valence-electron chi connectivity index (χ0n) is 11.3. The summed E-state index contributed by atoms with van der Waals surface area (Å²) in [4.78, 5) is 12.0. The quantitative estimate of drug-likeness (QED) is 0.946. The zero-order chi connectivity index (χ0) is 14.7. The van der Waals surface area contributed by atoms with E-state index in [1.165, 1.54) is 0 Å². The molecule has 0 saturated heterocycles. The molecule has 21 heavy (non-hydrogen) atoms. The molecular formula is C16H14ClNO3. The monoisotopic (exact) mass is 303 g/mol. The Hall–Kier alpha value is -2.20. The van der Waals surface area contributed by atoms with Gasteiger partial charge in [0.05, 0.1) is 6.42 Å². The summed E-state index contributed by atoms with van der Waals surface area (Å²) in [6.45, 7) is 1.09. The van der Waals surface area contributed by atoms with Crippen molar-refractivity contribution in [2.24, 2.45) is 0 Å². The van der Waals surface area contributed by atoms with Crippen molar-refractivity contribution in [2.45, 2.75) is 6.42 Å². The molecule has 0 unspecified atom stereocenters. The molecule has 0 radical (unpaired) electrons. The Labute approximate surface area is 127 Å². The number of carbonyl (C=O) groups is 1. The lowest BCUT2D eigenvalue weighted by molar-refractivity contribution is -0.115. The van der Waals surface area contributed by atoms with Crippen molar-refractivity contribution in [1.29, 1.82) is 0 Å². The van der Waals surface area contributed by atoms with Crippen LogP contribution in [0.1, 0.15) is 5.56 Å². The maximum Gasteiger partial charge on any atom is 0.228 e. The molecule has 1 amide bonds. The van der Waals surface area contributed by atoms with Gasteiger partial charge in [-0.3, -0.25) is 4.79 Å². The Morgan fingerprint density at radius 1 is 1.05 bits per heavy atom. The van der Waals surface area contributed by atoms with Gasteiger partial charge in [-0.05, 0) is 42.0 Å². The Morgan fingerprint density at radius 2 is 1.76 bits per heavy atom. The van der Waals surface area contributed by atoms with Gasteiger partial charge in [0.25, 0.3) is 0 Å². The van der Waals surface area contributed by atoms with E-state index in [2.05, 4.69) is 5.32 Å². The highest BCUT2D eigenvalue weighted by molar-refractivity contribution is 6.30. The second-order valence-electron chi connectivity index (χ2n) is 4.71. The summed E-state index contributed by atoms with van der Waals surface area (Å²) in [7, 11) is 0. The van der Waals surface area contributed by atoms with Gasteiger partial charge < -0.3 is 14.8 Å². The van der Waals surface area contributed by atoms with Crippen LogP contribution < -0.4 is 14.8 Å². The van der Waals surface area contributed by atoms with Crippen LogP contribution in [0.15, 0.2) is 42.5 Å². The smallest absolute Gasteiger partial charge is 0.228 e. The minimum absolute atomic E-state index is 0.0889. The van der Waals surface area contributed by atoms with Crippen LogP contribution in [-0.4, -0.2) is 19.1 Å². The van der Waals surface area contributed by atoms with Crippen LogP contribution >= 0.6 is 11.6 Å². The van der Waals surface area contributed by atoms with E-state index in [0.29, 0.717) is 24.0 Å². The topological polar surface area (TPSA) is 47.6 Å². The highest BCUT2D eigenvalue weighted by Crippen LogP contribution is 2.30. The first kappa shape index (κ1) is 13.8. The number of amides is 1. The number of halogens is 1. The Balaban J connectivity index is 1.65. The van der Waals surface area contributed by atoms with Crippen LogP contribution in [0.2, 0.25) is 5.02 Å². The van der Waals surface area contributed by atoms with Crippen molar-refractivity contribution in [2.75, 3.05) is 18.5 Å². The predicted molar refractivity (Wildman–Crippen MR) is 81.2 cm³/mol. The van der Waals surface area contributed by atoms with E-state index in [-0.39, 0.29) is 12.3 Å². The summed E-state index contributed by atoms with van der Waals surface area (Å²) >= 11 is 5.81. The SMILES string of the molecule is O=C(Cc1ccc2c(c1)OCCO2)Nc1ccc(Cl)cc1. The maximum absolute atomic E-state index is 12.0. The van der Waals surface area contributed by atoms with Gasteiger partial charge in [0.15, 0.2) is 11.5 Å². The minimum Gasteiger partial charge on any atom is -0.486 e. The fourth-order valence-corrected chi connectivity index (χ4v) is 2.25. The first-order valence-electron chi connectivity index (χ1n) is 6.65. The largest absolute Gasteiger partial charge is 0.486 e. The molecule has 0 fully saturated rings. The first-order chi connectivity index (χ1) is 10.2. The van der Waals surface area contributed by atoms with Crippen LogP contribution in [0.5, 0.6) is 11.5 Å². The number of anilines is 1. The third kappa shape index (κ3) is 3.47. The molecule has 4 nitrogen and oxygen atoms in total. The fourth-order valence-electron chi connectivity index (χ4n) is 2.12. The molecule has 2 aromatic carbocycles. The number of rotatable bonds is 3. The number of carbonyl (C=O) groups excluding carboxylic acids is 1. The summed E-state index contributed by atoms with van der Waals surface area (Å²) in [6.07, 6.45) is 0.277. The molecule has 1 N–H and O–H groups in total. The fraction of sp³-hybridized carbons (Fsp3) is 0.188. The Morgan fingerprint density at radius 3 is 2.52 bits per heavy atom. The van der Waals surface area contributed by atoms with Gasteiger partial charge >= 0.3 is 0 Å². The van der Waals surface area contributed by atoms with Crippen molar-refractivity contribution in [3.8, 4) is 11.5 Å². The van der Waals surface area contributed by atoms with Crippen LogP contribution in [-0.2, 0) is 11.2 Å². The van der Waals surface area contributed by atoms with Crippen molar-refractivity contribution in [1.82, 2.24) is 0 Å². The van der Waals surface area contributed by atoms with Gasteiger partial charge in [0.1, 0.15) is 13.2 Å². The standard InChI is InChI=1S/C16H14ClNO3/c17-12-2-4-13(5-3-12)18-16(19)10-11-1-6-14-15(9-11)21-8-7-20-14/h1-6,9H,7-8,10H2,(H,18,19). The lowest BCUT2D eigenvalue weighted by Crippen LogP contribution is -2.17. The average molecular weight is 304 g/mol. The second kappa shape index (κ2) is 6.06. The first-order valence-corrected chi connectivity index (χ1v) is 7.02. The van der Waals surface area contributed by atoms with E-state index in [4.69, 9.17) is 21.1 Å². The maximum atomic E-state index is 12.0. The molecule has 0 saturated carbocycles. The molecule has 5 heteroatoms. The molecular weight excluding hydrogens is 290 g/mol. The van der Waals surface area contributed by atoms with Crippen LogP contribution in [0, 0.1) is 0 Å². The summed E-state index contributed by atoms with van der Waals surface area (Å²) in [5.41, 5.74) is 1.60. The molecule has 0 aliphatic carbocycles. The van der Waals surface area contributed by atoms with Gasteiger partial charge in [-0.15, -0.1) is 0 Å². The molecule has 0 aromatic heterocycles. The molecule has 1 aliphatic rings. The Bertz CT molecular complexity index is 655. The van der Waals surface area contributed by atoms with Crippen molar-refractivity contribution in [3.63, 3.8) is 0 Å². The van der Waals surface area contributed by atoms with E-state index in [9.17, 15) is 4.79 Å². The van der Waals surface area contributed by atoms with Gasteiger partial charge in [0, 0.05) is 10.7 Å². The van der Waals surface area contributed by atoms with E-state index < -0.39 is 0 Å². The van der Waals surface area contributed by atoms with E-state index in [1.807, 2.05) is 18.2 Å². The number of benzene rings is 2. The number of hydrogen-bond donors (Lipinski definition) is 1. The summed E-state index contributed by atoms with van der Waals surface area (Å²) in [6, 6.07) is 12.6. The van der Waals surface area contributed by atoms with Gasteiger partial charge in [0.2, 0.25) is 5.91 Å². The van der Waals surface area contributed by atoms with Crippen LogP contribution in [0.4, 0.5) is 5.69 Å². The van der Waals surface area contributed by atoms with Crippen molar-refractivity contribution in [3.05, 3.63) is 53.1 Å². The van der Waals surface area contributed by atoms with Crippen molar-refractivity contribution < 1.29 is 14.3 Å². The van der Waals surface area contributed by atoms with Gasteiger partial charge in [-0.1, -0.05) is 17.7 Å². The molecule has 2 aromatic rings. The van der Waals surface area contributed by atoms with Crippen molar-refractivity contribution >= 4 is 23.2 Å². The van der Waals surface area contributed by atoms with Gasteiger partial charge in [-0.2, -0.15) is 0 Å². The number of fused-ring (bicyclic) bond motifs is 1. The highest BCUT2D eigenvalue weighted by atomic mass is 35.5. The van der Waals surface area contributed by atoms with E-state index >= 15 is 0 Å². The normalized spacial score (nSPS) is 12.8. The third-order valence-corrected chi connectivity index (χ3v) is 3.35.